The van der Waals surface area contributed by atoms with Gasteiger partial charge in [-0.05, 0) is 45.1 Å². The smallest absolute Gasteiger partial charge is 0.0775 e. The van der Waals surface area contributed by atoms with E-state index in [-0.39, 0.29) is 0 Å². The van der Waals surface area contributed by atoms with E-state index in [1.54, 1.807) is 5.19 Å². The van der Waals surface area contributed by atoms with Gasteiger partial charge in [0, 0.05) is 12.6 Å². The Hall–Kier alpha value is -0.643. The van der Waals surface area contributed by atoms with Crippen LogP contribution in [0.5, 0.6) is 0 Å². The van der Waals surface area contributed by atoms with Crippen LogP contribution < -0.4 is 5.19 Å². The van der Waals surface area contributed by atoms with E-state index in [1.807, 2.05) is 0 Å². The van der Waals surface area contributed by atoms with Crippen molar-refractivity contribution in [2.24, 2.45) is 0 Å². The molecule has 0 bridgehead atoms. The van der Waals surface area contributed by atoms with Crippen LogP contribution in [-0.4, -0.2) is 50.6 Å². The van der Waals surface area contributed by atoms with Gasteiger partial charge in [-0.25, -0.2) is 0 Å². The number of rotatable bonds is 5. The summed E-state index contributed by atoms with van der Waals surface area (Å²) in [5, 5.41) is 1.56. The Morgan fingerprint density at radius 1 is 1.10 bits per heavy atom. The summed E-state index contributed by atoms with van der Waals surface area (Å²) >= 11 is 0. The zero-order chi connectivity index (χ0) is 15.5. The number of hydrogen-bond donors (Lipinski definition) is 0. The Labute approximate surface area is 132 Å². The molecule has 1 aromatic carbocycles. The maximum atomic E-state index is 2.56. The molecule has 1 saturated heterocycles. The first-order valence-corrected chi connectivity index (χ1v) is 11.9. The van der Waals surface area contributed by atoms with Crippen LogP contribution in [0.1, 0.15) is 25.3 Å². The topological polar surface area (TPSA) is 6.48 Å². The second-order valence-corrected chi connectivity index (χ2v) is 12.6. The first-order valence-electron chi connectivity index (χ1n) is 8.42. The molecule has 1 heterocycles. The summed E-state index contributed by atoms with van der Waals surface area (Å²) in [5.41, 5.74) is 1.46. The van der Waals surface area contributed by atoms with Crippen molar-refractivity contribution in [1.29, 1.82) is 0 Å². The Balaban J connectivity index is 1.89. The lowest BCUT2D eigenvalue weighted by atomic mass is 10.0. The predicted molar refractivity (Wildman–Crippen MR) is 96.0 cm³/mol. The summed E-state index contributed by atoms with van der Waals surface area (Å²) in [6.07, 6.45) is 2.63. The molecule has 2 nitrogen and oxygen atoms in total. The number of likely N-dealkylation sites (tertiary alicyclic amines) is 1. The summed E-state index contributed by atoms with van der Waals surface area (Å²) in [6, 6.07) is 10.1. The van der Waals surface area contributed by atoms with E-state index in [4.69, 9.17) is 0 Å². The van der Waals surface area contributed by atoms with Gasteiger partial charge in [0.1, 0.15) is 0 Å². The third kappa shape index (κ3) is 4.66. The standard InChI is InChI=1S/C18H32N2Si/c1-6-20-13-11-17(12-14-20)19(2)15-16-7-9-18(10-8-16)21(3,4)5/h7-10,17H,6,11-15H2,1-5H3. The minimum absolute atomic E-state index is 0.754. The lowest BCUT2D eigenvalue weighted by Gasteiger charge is -2.36. The molecule has 1 aromatic rings. The fourth-order valence-electron chi connectivity index (χ4n) is 3.20. The fraction of sp³-hybridized carbons (Fsp3) is 0.667. The predicted octanol–water partition coefficient (Wildman–Crippen LogP) is 3.15. The molecule has 0 amide bonds. The second kappa shape index (κ2) is 7.08. The highest BCUT2D eigenvalue weighted by Crippen LogP contribution is 2.17. The van der Waals surface area contributed by atoms with Crippen LogP contribution in [0.15, 0.2) is 24.3 Å². The SMILES string of the molecule is CCN1CCC(N(C)Cc2ccc([Si](C)(C)C)cc2)CC1. The highest BCUT2D eigenvalue weighted by molar-refractivity contribution is 6.88. The molecule has 0 aliphatic carbocycles. The molecule has 21 heavy (non-hydrogen) atoms. The molecular weight excluding hydrogens is 272 g/mol. The van der Waals surface area contributed by atoms with Crippen LogP contribution in [0, 0.1) is 0 Å². The highest BCUT2D eigenvalue weighted by Gasteiger charge is 2.21. The number of nitrogens with zero attached hydrogens (tertiary/aromatic N) is 2. The van der Waals surface area contributed by atoms with Gasteiger partial charge in [0.25, 0.3) is 0 Å². The number of hydrogen-bond acceptors (Lipinski definition) is 2. The third-order valence-electron chi connectivity index (χ3n) is 4.88. The first-order chi connectivity index (χ1) is 9.90. The van der Waals surface area contributed by atoms with Crippen molar-refractivity contribution in [3.63, 3.8) is 0 Å². The number of piperidine rings is 1. The van der Waals surface area contributed by atoms with Crippen molar-refractivity contribution >= 4 is 13.3 Å². The average molecular weight is 305 g/mol. The van der Waals surface area contributed by atoms with E-state index in [2.05, 4.69) is 67.7 Å². The van der Waals surface area contributed by atoms with E-state index < -0.39 is 8.07 Å². The van der Waals surface area contributed by atoms with Gasteiger partial charge >= 0.3 is 0 Å². The monoisotopic (exact) mass is 304 g/mol. The zero-order valence-corrected chi connectivity index (χ0v) is 15.5. The Kier molecular flexibility index (Phi) is 5.64. The highest BCUT2D eigenvalue weighted by atomic mass is 28.3. The molecule has 1 aliphatic heterocycles. The Bertz CT molecular complexity index is 428. The molecule has 0 N–H and O–H groups in total. The molecule has 0 radical (unpaired) electrons. The Morgan fingerprint density at radius 2 is 1.67 bits per heavy atom. The van der Waals surface area contributed by atoms with Crippen LogP contribution in [0.4, 0.5) is 0 Å². The molecule has 118 valence electrons. The summed E-state index contributed by atoms with van der Waals surface area (Å²) in [4.78, 5) is 5.11. The quantitative estimate of drug-likeness (QED) is 0.771. The van der Waals surface area contributed by atoms with Crippen molar-refractivity contribution in [3.8, 4) is 0 Å². The van der Waals surface area contributed by atoms with Gasteiger partial charge in [-0.15, -0.1) is 0 Å². The summed E-state index contributed by atoms with van der Waals surface area (Å²) in [7, 11) is 1.13. The van der Waals surface area contributed by atoms with E-state index in [9.17, 15) is 0 Å². The normalized spacial score (nSPS) is 18.4. The summed E-state index contributed by atoms with van der Waals surface area (Å²) in [5.74, 6) is 0. The maximum Gasteiger partial charge on any atom is 0.0775 e. The minimum Gasteiger partial charge on any atom is -0.303 e. The van der Waals surface area contributed by atoms with Gasteiger partial charge in [0.05, 0.1) is 8.07 Å². The van der Waals surface area contributed by atoms with Crippen molar-refractivity contribution in [3.05, 3.63) is 29.8 Å². The van der Waals surface area contributed by atoms with Crippen LogP contribution in [0.2, 0.25) is 19.6 Å². The van der Waals surface area contributed by atoms with Crippen LogP contribution >= 0.6 is 0 Å². The van der Waals surface area contributed by atoms with E-state index in [0.717, 1.165) is 12.6 Å². The lowest BCUT2D eigenvalue weighted by molar-refractivity contribution is 0.127. The van der Waals surface area contributed by atoms with Crippen molar-refractivity contribution in [2.45, 2.75) is 52.0 Å². The molecule has 0 aromatic heterocycles. The maximum absolute atomic E-state index is 2.56. The van der Waals surface area contributed by atoms with E-state index >= 15 is 0 Å². The molecule has 0 spiro atoms. The summed E-state index contributed by atoms with van der Waals surface area (Å²) in [6.45, 7) is 14.3. The van der Waals surface area contributed by atoms with Gasteiger partial charge in [-0.3, -0.25) is 4.90 Å². The van der Waals surface area contributed by atoms with Crippen LogP contribution in [0.3, 0.4) is 0 Å². The fourth-order valence-corrected chi connectivity index (χ4v) is 4.37. The molecule has 0 atom stereocenters. The zero-order valence-electron chi connectivity index (χ0n) is 14.5. The molecular formula is C18H32N2Si. The third-order valence-corrected chi connectivity index (χ3v) is 6.94. The molecule has 3 heteroatoms. The first kappa shape index (κ1) is 16.7. The van der Waals surface area contributed by atoms with Crippen molar-refractivity contribution in [2.75, 3.05) is 26.7 Å². The van der Waals surface area contributed by atoms with Crippen LogP contribution in [-0.2, 0) is 6.54 Å². The van der Waals surface area contributed by atoms with Gasteiger partial charge < -0.3 is 4.90 Å². The minimum atomic E-state index is -1.16. The van der Waals surface area contributed by atoms with Gasteiger partial charge in [0.15, 0.2) is 0 Å². The number of benzene rings is 1. The van der Waals surface area contributed by atoms with Gasteiger partial charge in [-0.2, -0.15) is 0 Å². The van der Waals surface area contributed by atoms with Crippen molar-refractivity contribution < 1.29 is 0 Å². The summed E-state index contributed by atoms with van der Waals surface area (Å²) < 4.78 is 0. The molecule has 1 fully saturated rings. The lowest BCUT2D eigenvalue weighted by Crippen LogP contribution is -2.43. The molecule has 0 unspecified atom stereocenters. The molecule has 0 saturated carbocycles. The van der Waals surface area contributed by atoms with E-state index in [0.29, 0.717) is 0 Å². The van der Waals surface area contributed by atoms with Gasteiger partial charge in [0.2, 0.25) is 0 Å². The van der Waals surface area contributed by atoms with E-state index in [1.165, 1.54) is 38.0 Å². The largest absolute Gasteiger partial charge is 0.303 e. The second-order valence-electron chi connectivity index (χ2n) is 7.53. The molecule has 2 rings (SSSR count). The average Bonchev–Trinajstić information content (AvgIpc) is 2.47. The van der Waals surface area contributed by atoms with Crippen molar-refractivity contribution in [1.82, 2.24) is 9.80 Å². The Morgan fingerprint density at radius 3 is 2.14 bits per heavy atom. The molecule has 1 aliphatic rings. The van der Waals surface area contributed by atoms with Gasteiger partial charge in [-0.1, -0.05) is 56.0 Å². The van der Waals surface area contributed by atoms with Crippen LogP contribution in [0.25, 0.3) is 0 Å².